The van der Waals surface area contributed by atoms with Gasteiger partial charge < -0.3 is 14.8 Å². The molecule has 0 spiro atoms. The molecule has 1 N–H and O–H groups in total. The highest BCUT2D eigenvalue weighted by molar-refractivity contribution is 6.01. The normalized spacial score (nSPS) is 16.3. The van der Waals surface area contributed by atoms with Crippen molar-refractivity contribution in [3.8, 4) is 5.75 Å². The molecule has 2 aromatic rings. The second-order valence-corrected chi connectivity index (χ2v) is 8.50. The number of anilines is 1. The van der Waals surface area contributed by atoms with Crippen molar-refractivity contribution in [3.63, 3.8) is 0 Å². The number of aryl methyl sites for hydroxylation is 1. The van der Waals surface area contributed by atoms with Gasteiger partial charge in [-0.25, -0.2) is 4.79 Å². The van der Waals surface area contributed by atoms with E-state index in [0.29, 0.717) is 17.0 Å². The van der Waals surface area contributed by atoms with E-state index in [9.17, 15) is 9.59 Å². The Kier molecular flexibility index (Phi) is 7.37. The van der Waals surface area contributed by atoms with Crippen LogP contribution in [0.15, 0.2) is 42.5 Å². The lowest BCUT2D eigenvalue weighted by Gasteiger charge is -2.36. The minimum Gasteiger partial charge on any atom is -0.490 e. The van der Waals surface area contributed by atoms with Crippen molar-refractivity contribution in [1.82, 2.24) is 0 Å². The van der Waals surface area contributed by atoms with Gasteiger partial charge in [0.25, 0.3) is 0 Å². The highest BCUT2D eigenvalue weighted by atomic mass is 16.5. The maximum atomic E-state index is 13.6. The number of hydrogen-bond acceptors (Lipinski definition) is 4. The third-order valence-electron chi connectivity index (χ3n) is 6.29. The zero-order valence-electron chi connectivity index (χ0n) is 19.0. The SMILES string of the molecule is CCC(C)Oc1ccc(NC(=O)C2(c3ccc(C)cc3)CCCCC2)cc1C(=O)OC. The lowest BCUT2D eigenvalue weighted by atomic mass is 9.68. The maximum Gasteiger partial charge on any atom is 0.341 e. The molecule has 1 saturated carbocycles. The monoisotopic (exact) mass is 423 g/mol. The van der Waals surface area contributed by atoms with Gasteiger partial charge in [0.1, 0.15) is 11.3 Å². The van der Waals surface area contributed by atoms with E-state index in [4.69, 9.17) is 9.47 Å². The maximum absolute atomic E-state index is 13.6. The molecule has 1 unspecified atom stereocenters. The Labute approximate surface area is 185 Å². The number of carbonyl (C=O) groups is 2. The Bertz CT molecular complexity index is 914. The fraction of sp³-hybridized carbons (Fsp3) is 0.462. The van der Waals surface area contributed by atoms with Gasteiger partial charge >= 0.3 is 5.97 Å². The van der Waals surface area contributed by atoms with E-state index in [1.54, 1.807) is 18.2 Å². The minimum atomic E-state index is -0.552. The number of benzene rings is 2. The molecule has 5 nitrogen and oxygen atoms in total. The molecule has 1 atom stereocenters. The van der Waals surface area contributed by atoms with Gasteiger partial charge in [0.05, 0.1) is 18.6 Å². The van der Waals surface area contributed by atoms with Crippen molar-refractivity contribution in [2.24, 2.45) is 0 Å². The van der Waals surface area contributed by atoms with Crippen LogP contribution in [0.4, 0.5) is 5.69 Å². The molecule has 3 rings (SSSR count). The number of hydrogen-bond donors (Lipinski definition) is 1. The zero-order valence-corrected chi connectivity index (χ0v) is 19.0. The predicted molar refractivity (Wildman–Crippen MR) is 123 cm³/mol. The number of nitrogens with one attached hydrogen (secondary N) is 1. The summed E-state index contributed by atoms with van der Waals surface area (Å²) in [5.74, 6) is -0.0482. The molecule has 1 amide bonds. The molecule has 1 fully saturated rings. The van der Waals surface area contributed by atoms with Gasteiger partial charge in [0, 0.05) is 5.69 Å². The van der Waals surface area contributed by atoms with Crippen molar-refractivity contribution in [1.29, 1.82) is 0 Å². The Hall–Kier alpha value is -2.82. The van der Waals surface area contributed by atoms with E-state index in [0.717, 1.165) is 44.1 Å². The fourth-order valence-electron chi connectivity index (χ4n) is 4.21. The molecule has 0 aliphatic heterocycles. The van der Waals surface area contributed by atoms with Crippen LogP contribution in [-0.2, 0) is 14.9 Å². The van der Waals surface area contributed by atoms with Gasteiger partial charge in [-0.05, 0) is 56.9 Å². The summed E-state index contributed by atoms with van der Waals surface area (Å²) < 4.78 is 10.8. The predicted octanol–water partition coefficient (Wildman–Crippen LogP) is 5.80. The van der Waals surface area contributed by atoms with Gasteiger partial charge in [0.15, 0.2) is 0 Å². The van der Waals surface area contributed by atoms with Gasteiger partial charge in [-0.15, -0.1) is 0 Å². The van der Waals surface area contributed by atoms with E-state index >= 15 is 0 Å². The van der Waals surface area contributed by atoms with Crippen LogP contribution in [0.2, 0.25) is 0 Å². The van der Waals surface area contributed by atoms with Crippen LogP contribution >= 0.6 is 0 Å². The second kappa shape index (κ2) is 9.99. The topological polar surface area (TPSA) is 64.6 Å². The Balaban J connectivity index is 1.91. The highest BCUT2D eigenvalue weighted by Crippen LogP contribution is 2.41. The average molecular weight is 424 g/mol. The van der Waals surface area contributed by atoms with E-state index in [1.807, 2.05) is 13.8 Å². The number of rotatable bonds is 7. The van der Waals surface area contributed by atoms with E-state index < -0.39 is 11.4 Å². The number of esters is 1. The largest absolute Gasteiger partial charge is 0.490 e. The van der Waals surface area contributed by atoms with Gasteiger partial charge in [-0.3, -0.25) is 4.79 Å². The van der Waals surface area contributed by atoms with Gasteiger partial charge in [-0.2, -0.15) is 0 Å². The first kappa shape index (κ1) is 22.9. The van der Waals surface area contributed by atoms with Crippen LogP contribution in [-0.4, -0.2) is 25.1 Å². The average Bonchev–Trinajstić information content (AvgIpc) is 2.80. The van der Waals surface area contributed by atoms with Crippen molar-refractivity contribution in [2.45, 2.75) is 70.8 Å². The second-order valence-electron chi connectivity index (χ2n) is 8.50. The van der Waals surface area contributed by atoms with Crippen LogP contribution in [0.25, 0.3) is 0 Å². The van der Waals surface area contributed by atoms with E-state index in [2.05, 4.69) is 36.5 Å². The number of ether oxygens (including phenoxy) is 2. The summed E-state index contributed by atoms with van der Waals surface area (Å²) in [6.07, 6.45) is 5.62. The number of amides is 1. The summed E-state index contributed by atoms with van der Waals surface area (Å²) in [6, 6.07) is 13.4. The van der Waals surface area contributed by atoms with Crippen molar-refractivity contribution >= 4 is 17.6 Å². The molecule has 0 radical (unpaired) electrons. The Morgan fingerprint density at radius 1 is 1.06 bits per heavy atom. The standard InChI is InChI=1S/C26H33NO4/c1-5-19(3)31-23-14-13-21(17-22(23)24(28)30-4)27-25(29)26(15-7-6-8-16-26)20-11-9-18(2)10-12-20/h9-14,17,19H,5-8,15-16H2,1-4H3,(H,27,29). The highest BCUT2D eigenvalue weighted by Gasteiger charge is 2.41. The van der Waals surface area contributed by atoms with Crippen LogP contribution in [0.1, 0.15) is 73.9 Å². The lowest BCUT2D eigenvalue weighted by molar-refractivity contribution is -0.122. The number of carbonyl (C=O) groups excluding carboxylic acids is 2. The third-order valence-corrected chi connectivity index (χ3v) is 6.29. The molecule has 1 aliphatic carbocycles. The van der Waals surface area contributed by atoms with Crippen LogP contribution in [0, 0.1) is 6.92 Å². The van der Waals surface area contributed by atoms with Crippen molar-refractivity contribution < 1.29 is 19.1 Å². The number of methoxy groups -OCH3 is 1. The fourth-order valence-corrected chi connectivity index (χ4v) is 4.21. The third kappa shape index (κ3) is 5.09. The van der Waals surface area contributed by atoms with E-state index in [1.165, 1.54) is 12.7 Å². The first-order chi connectivity index (χ1) is 14.9. The molecule has 5 heteroatoms. The summed E-state index contributed by atoms with van der Waals surface area (Å²) in [6.45, 7) is 6.02. The van der Waals surface area contributed by atoms with Crippen molar-refractivity contribution in [3.05, 3.63) is 59.2 Å². The van der Waals surface area contributed by atoms with Crippen LogP contribution in [0.5, 0.6) is 5.75 Å². The van der Waals surface area contributed by atoms with Gasteiger partial charge in [0.2, 0.25) is 5.91 Å². The molecular weight excluding hydrogens is 390 g/mol. The molecule has 1 aliphatic rings. The molecule has 0 bridgehead atoms. The summed E-state index contributed by atoms with van der Waals surface area (Å²) in [5, 5.41) is 3.08. The molecule has 0 heterocycles. The molecule has 31 heavy (non-hydrogen) atoms. The molecule has 2 aromatic carbocycles. The van der Waals surface area contributed by atoms with Crippen LogP contribution in [0.3, 0.4) is 0 Å². The Morgan fingerprint density at radius 2 is 1.74 bits per heavy atom. The Morgan fingerprint density at radius 3 is 2.35 bits per heavy atom. The first-order valence-corrected chi connectivity index (χ1v) is 11.2. The summed E-state index contributed by atoms with van der Waals surface area (Å²) in [5.41, 5.74) is 2.56. The molecule has 0 saturated heterocycles. The van der Waals surface area contributed by atoms with E-state index in [-0.39, 0.29) is 12.0 Å². The lowest BCUT2D eigenvalue weighted by Crippen LogP contribution is -2.42. The molecular formula is C26H33NO4. The zero-order chi connectivity index (χ0) is 22.4. The summed E-state index contributed by atoms with van der Waals surface area (Å²) in [4.78, 5) is 25.9. The van der Waals surface area contributed by atoms with Crippen molar-refractivity contribution in [2.75, 3.05) is 12.4 Å². The quantitative estimate of drug-likeness (QED) is 0.572. The summed E-state index contributed by atoms with van der Waals surface area (Å²) in [7, 11) is 1.34. The first-order valence-electron chi connectivity index (χ1n) is 11.2. The molecule has 166 valence electrons. The summed E-state index contributed by atoms with van der Waals surface area (Å²) >= 11 is 0. The smallest absolute Gasteiger partial charge is 0.341 e. The molecule has 0 aromatic heterocycles. The van der Waals surface area contributed by atoms with Gasteiger partial charge in [-0.1, -0.05) is 56.0 Å². The van der Waals surface area contributed by atoms with Crippen LogP contribution < -0.4 is 10.1 Å². The minimum absolute atomic E-state index is 0.0255.